The first kappa shape index (κ1) is 10.5. The maximum atomic E-state index is 5.69. The summed E-state index contributed by atoms with van der Waals surface area (Å²) in [6, 6.07) is 8.50. The molecule has 1 unspecified atom stereocenters. The van der Waals surface area contributed by atoms with Crippen LogP contribution in [0.3, 0.4) is 0 Å². The van der Waals surface area contributed by atoms with Gasteiger partial charge in [-0.15, -0.1) is 0 Å². The van der Waals surface area contributed by atoms with Crippen molar-refractivity contribution >= 4 is 0 Å². The van der Waals surface area contributed by atoms with Gasteiger partial charge in [-0.1, -0.05) is 12.1 Å². The van der Waals surface area contributed by atoms with Crippen LogP contribution in [-0.4, -0.2) is 19.2 Å². The fourth-order valence-corrected chi connectivity index (χ4v) is 2.05. The van der Waals surface area contributed by atoms with Crippen LogP contribution in [0.4, 0.5) is 0 Å². The summed E-state index contributed by atoms with van der Waals surface area (Å²) in [5.74, 6) is 1.66. The minimum Gasteiger partial charge on any atom is -0.491 e. The summed E-state index contributed by atoms with van der Waals surface area (Å²) in [4.78, 5) is 0. The van der Waals surface area contributed by atoms with Gasteiger partial charge >= 0.3 is 0 Å². The Bertz CT molecular complexity index is 316. The van der Waals surface area contributed by atoms with E-state index in [2.05, 4.69) is 37.4 Å². The Morgan fingerprint density at radius 3 is 2.93 bits per heavy atom. The average Bonchev–Trinajstić information content (AvgIpc) is 2.69. The Kier molecular flexibility index (Phi) is 3.27. The molecule has 2 nitrogen and oxygen atoms in total. The van der Waals surface area contributed by atoms with Crippen molar-refractivity contribution in [2.45, 2.75) is 32.3 Å². The van der Waals surface area contributed by atoms with Crippen molar-refractivity contribution in [3.8, 4) is 5.75 Å². The Morgan fingerprint density at radius 2 is 2.27 bits per heavy atom. The van der Waals surface area contributed by atoms with E-state index >= 15 is 0 Å². The van der Waals surface area contributed by atoms with Crippen LogP contribution < -0.4 is 10.1 Å². The normalized spacial score (nSPS) is 20.9. The highest BCUT2D eigenvalue weighted by atomic mass is 16.5. The lowest BCUT2D eigenvalue weighted by Gasteiger charge is -2.13. The third kappa shape index (κ3) is 2.72. The van der Waals surface area contributed by atoms with E-state index in [9.17, 15) is 0 Å². The Balaban J connectivity index is 2.11. The molecule has 0 radical (unpaired) electrons. The molecule has 0 bridgehead atoms. The van der Waals surface area contributed by atoms with Crippen molar-refractivity contribution in [2.75, 3.05) is 13.1 Å². The molecule has 0 amide bonds. The first-order valence-electron chi connectivity index (χ1n) is 5.73. The van der Waals surface area contributed by atoms with E-state index in [0.717, 1.165) is 18.8 Å². The molecule has 0 aliphatic carbocycles. The fraction of sp³-hybridized carbons (Fsp3) is 0.538. The van der Waals surface area contributed by atoms with Crippen LogP contribution in [0.2, 0.25) is 0 Å². The van der Waals surface area contributed by atoms with Crippen LogP contribution in [0.25, 0.3) is 0 Å². The van der Waals surface area contributed by atoms with Crippen molar-refractivity contribution < 1.29 is 4.74 Å². The molecule has 2 rings (SSSR count). The number of rotatable bonds is 3. The molecule has 1 fully saturated rings. The lowest BCUT2D eigenvalue weighted by atomic mass is 9.98. The summed E-state index contributed by atoms with van der Waals surface area (Å²) < 4.78 is 5.69. The van der Waals surface area contributed by atoms with Crippen molar-refractivity contribution in [3.63, 3.8) is 0 Å². The molecule has 1 aliphatic rings. The second-order valence-corrected chi connectivity index (χ2v) is 4.43. The number of benzene rings is 1. The lowest BCUT2D eigenvalue weighted by molar-refractivity contribution is 0.242. The molecule has 1 saturated heterocycles. The molecule has 82 valence electrons. The number of nitrogens with one attached hydrogen (secondary N) is 1. The summed E-state index contributed by atoms with van der Waals surface area (Å²) in [5, 5.41) is 3.39. The minimum absolute atomic E-state index is 0.252. The van der Waals surface area contributed by atoms with Crippen LogP contribution in [0.5, 0.6) is 5.75 Å². The molecule has 2 heteroatoms. The molecule has 1 heterocycles. The summed E-state index contributed by atoms with van der Waals surface area (Å²) >= 11 is 0. The molecule has 0 saturated carbocycles. The van der Waals surface area contributed by atoms with Crippen molar-refractivity contribution in [1.82, 2.24) is 5.32 Å². The third-order valence-electron chi connectivity index (χ3n) is 2.76. The summed E-state index contributed by atoms with van der Waals surface area (Å²) in [5.41, 5.74) is 1.40. The lowest BCUT2D eigenvalue weighted by Crippen LogP contribution is -2.09. The molecule has 1 N–H and O–H groups in total. The molecular formula is C13H19NO. The number of hydrogen-bond donors (Lipinski definition) is 1. The van der Waals surface area contributed by atoms with E-state index < -0.39 is 0 Å². The molecule has 0 spiro atoms. The Labute approximate surface area is 91.6 Å². The molecular weight excluding hydrogens is 186 g/mol. The highest BCUT2D eigenvalue weighted by Crippen LogP contribution is 2.25. The van der Waals surface area contributed by atoms with Gasteiger partial charge in [0.2, 0.25) is 0 Å². The van der Waals surface area contributed by atoms with Crippen LogP contribution in [0, 0.1) is 0 Å². The standard InChI is InChI=1S/C13H19NO/c1-10(2)15-13-5-3-4-11(8-13)12-6-7-14-9-12/h3-5,8,10,12,14H,6-7,9H2,1-2H3. The van der Waals surface area contributed by atoms with Gasteiger partial charge in [-0.25, -0.2) is 0 Å². The Hall–Kier alpha value is -1.02. The van der Waals surface area contributed by atoms with Crippen LogP contribution in [-0.2, 0) is 0 Å². The van der Waals surface area contributed by atoms with Crippen LogP contribution >= 0.6 is 0 Å². The van der Waals surface area contributed by atoms with E-state index in [4.69, 9.17) is 4.74 Å². The first-order chi connectivity index (χ1) is 7.25. The first-order valence-corrected chi connectivity index (χ1v) is 5.73. The van der Waals surface area contributed by atoms with E-state index in [1.165, 1.54) is 12.0 Å². The number of ether oxygens (including phenoxy) is 1. The highest BCUT2D eigenvalue weighted by Gasteiger charge is 2.16. The van der Waals surface area contributed by atoms with Gasteiger partial charge in [-0.3, -0.25) is 0 Å². The average molecular weight is 205 g/mol. The molecule has 1 aromatic carbocycles. The molecule has 1 aliphatic heterocycles. The monoisotopic (exact) mass is 205 g/mol. The predicted molar refractivity (Wildman–Crippen MR) is 62.4 cm³/mol. The van der Waals surface area contributed by atoms with Crippen LogP contribution in [0.1, 0.15) is 31.7 Å². The van der Waals surface area contributed by atoms with Gasteiger partial charge in [0, 0.05) is 6.54 Å². The van der Waals surface area contributed by atoms with Gasteiger partial charge in [0.25, 0.3) is 0 Å². The fourth-order valence-electron chi connectivity index (χ4n) is 2.05. The maximum Gasteiger partial charge on any atom is 0.119 e. The van der Waals surface area contributed by atoms with Crippen molar-refractivity contribution in [1.29, 1.82) is 0 Å². The number of hydrogen-bond acceptors (Lipinski definition) is 2. The SMILES string of the molecule is CC(C)Oc1cccc(C2CCNC2)c1. The minimum atomic E-state index is 0.252. The summed E-state index contributed by atoms with van der Waals surface area (Å²) in [6.07, 6.45) is 1.49. The van der Waals surface area contributed by atoms with Gasteiger partial charge < -0.3 is 10.1 Å². The topological polar surface area (TPSA) is 21.3 Å². The second-order valence-electron chi connectivity index (χ2n) is 4.43. The largest absolute Gasteiger partial charge is 0.491 e. The summed E-state index contributed by atoms with van der Waals surface area (Å²) in [7, 11) is 0. The molecule has 0 aromatic heterocycles. The van der Waals surface area contributed by atoms with Crippen molar-refractivity contribution in [2.24, 2.45) is 0 Å². The van der Waals surface area contributed by atoms with Gasteiger partial charge in [0.1, 0.15) is 5.75 Å². The molecule has 1 aromatic rings. The van der Waals surface area contributed by atoms with Gasteiger partial charge in [-0.05, 0) is 50.4 Å². The quantitative estimate of drug-likeness (QED) is 0.818. The highest BCUT2D eigenvalue weighted by molar-refractivity contribution is 5.31. The predicted octanol–water partition coefficient (Wildman–Crippen LogP) is 2.55. The summed E-state index contributed by atoms with van der Waals surface area (Å²) in [6.45, 7) is 6.36. The van der Waals surface area contributed by atoms with E-state index in [0.29, 0.717) is 5.92 Å². The Morgan fingerprint density at radius 1 is 1.40 bits per heavy atom. The molecule has 1 atom stereocenters. The zero-order valence-electron chi connectivity index (χ0n) is 9.49. The van der Waals surface area contributed by atoms with Crippen molar-refractivity contribution in [3.05, 3.63) is 29.8 Å². The third-order valence-corrected chi connectivity index (χ3v) is 2.76. The smallest absolute Gasteiger partial charge is 0.119 e. The van der Waals surface area contributed by atoms with Gasteiger partial charge in [0.15, 0.2) is 0 Å². The zero-order chi connectivity index (χ0) is 10.7. The second kappa shape index (κ2) is 4.67. The molecule has 15 heavy (non-hydrogen) atoms. The van der Waals surface area contributed by atoms with E-state index in [1.807, 2.05) is 6.07 Å². The zero-order valence-corrected chi connectivity index (χ0v) is 9.49. The van der Waals surface area contributed by atoms with Gasteiger partial charge in [0.05, 0.1) is 6.10 Å². The van der Waals surface area contributed by atoms with E-state index in [1.54, 1.807) is 0 Å². The maximum absolute atomic E-state index is 5.69. The van der Waals surface area contributed by atoms with Gasteiger partial charge in [-0.2, -0.15) is 0 Å². The van der Waals surface area contributed by atoms with Crippen LogP contribution in [0.15, 0.2) is 24.3 Å². The van der Waals surface area contributed by atoms with E-state index in [-0.39, 0.29) is 6.10 Å².